The van der Waals surface area contributed by atoms with Gasteiger partial charge < -0.3 is 9.47 Å². The summed E-state index contributed by atoms with van der Waals surface area (Å²) in [6.45, 7) is 13.4. The van der Waals surface area contributed by atoms with Crippen molar-refractivity contribution in [1.29, 1.82) is 0 Å². The number of carbonyl (C=O) groups excluding carboxylic acids is 2. The summed E-state index contributed by atoms with van der Waals surface area (Å²) < 4.78 is 11.6. The topological polar surface area (TPSA) is 52.6 Å². The van der Waals surface area contributed by atoms with Gasteiger partial charge in [-0.25, -0.2) is 9.59 Å². The molecule has 30 heavy (non-hydrogen) atoms. The fourth-order valence-corrected chi connectivity index (χ4v) is 5.88. The quantitative estimate of drug-likeness (QED) is 0.533. The summed E-state index contributed by atoms with van der Waals surface area (Å²) in [5.41, 5.74) is 1.35. The molecule has 0 unspecified atom stereocenters. The maximum absolute atomic E-state index is 12.6. The van der Waals surface area contributed by atoms with Crippen LogP contribution in [0.5, 0.6) is 0 Å². The predicted octanol–water partition coefficient (Wildman–Crippen LogP) is 6.43. The lowest BCUT2D eigenvalue weighted by atomic mass is 9.71. The largest absolute Gasteiger partial charge is 0.459 e. The van der Waals surface area contributed by atoms with Crippen molar-refractivity contribution >= 4 is 11.9 Å². The number of hydrogen-bond acceptors (Lipinski definition) is 4. The molecule has 0 aliphatic heterocycles. The zero-order valence-electron chi connectivity index (χ0n) is 19.5. The molecule has 0 spiro atoms. The van der Waals surface area contributed by atoms with E-state index in [1.54, 1.807) is 24.3 Å². The van der Waals surface area contributed by atoms with Crippen LogP contribution < -0.4 is 0 Å². The van der Waals surface area contributed by atoms with Crippen LogP contribution in [0.2, 0.25) is 0 Å². The smallest absolute Gasteiger partial charge is 0.338 e. The lowest BCUT2D eigenvalue weighted by Crippen LogP contribution is -2.34. The molecule has 1 aromatic rings. The SMILES string of the molecule is C[C@H]1C[C@@H](OC(=O)c2ccc(C(=O)O[C@@H]3C[C@H](C)CC(C)(C)C3)cc2)CC(C)(C)C1. The second kappa shape index (κ2) is 8.72. The first-order valence-electron chi connectivity index (χ1n) is 11.4. The van der Waals surface area contributed by atoms with Gasteiger partial charge in [-0.15, -0.1) is 0 Å². The highest BCUT2D eigenvalue weighted by Crippen LogP contribution is 2.41. The van der Waals surface area contributed by atoms with E-state index < -0.39 is 0 Å². The molecule has 2 fully saturated rings. The molecule has 166 valence electrons. The highest BCUT2D eigenvalue weighted by molar-refractivity contribution is 5.93. The molecule has 0 N–H and O–H groups in total. The molecular weight excluding hydrogens is 376 g/mol. The number of carbonyl (C=O) groups is 2. The molecule has 0 heterocycles. The van der Waals surface area contributed by atoms with Gasteiger partial charge in [0.15, 0.2) is 0 Å². The minimum atomic E-state index is -0.312. The molecule has 0 saturated heterocycles. The van der Waals surface area contributed by atoms with Gasteiger partial charge in [-0.1, -0.05) is 41.5 Å². The summed E-state index contributed by atoms with van der Waals surface area (Å²) in [7, 11) is 0. The fraction of sp³-hybridized carbons (Fsp3) is 0.692. The maximum Gasteiger partial charge on any atom is 0.338 e. The number of rotatable bonds is 4. The monoisotopic (exact) mass is 414 g/mol. The molecule has 0 amide bonds. The van der Waals surface area contributed by atoms with E-state index in [9.17, 15) is 9.59 Å². The molecule has 2 saturated carbocycles. The van der Waals surface area contributed by atoms with Crippen molar-refractivity contribution < 1.29 is 19.1 Å². The molecule has 4 nitrogen and oxygen atoms in total. The molecule has 0 bridgehead atoms. The molecule has 2 aliphatic carbocycles. The third kappa shape index (κ3) is 6.09. The van der Waals surface area contributed by atoms with Gasteiger partial charge in [0, 0.05) is 0 Å². The Morgan fingerprint density at radius 2 is 1.03 bits per heavy atom. The Hall–Kier alpha value is -1.84. The Kier molecular flexibility index (Phi) is 6.64. The Morgan fingerprint density at radius 1 is 0.700 bits per heavy atom. The first-order chi connectivity index (χ1) is 13.9. The van der Waals surface area contributed by atoms with Crippen LogP contribution in [-0.2, 0) is 9.47 Å². The van der Waals surface area contributed by atoms with Crippen LogP contribution in [-0.4, -0.2) is 24.1 Å². The van der Waals surface area contributed by atoms with Crippen LogP contribution in [0.4, 0.5) is 0 Å². The predicted molar refractivity (Wildman–Crippen MR) is 118 cm³/mol. The second-order valence-electron chi connectivity index (χ2n) is 11.5. The average molecular weight is 415 g/mol. The lowest BCUT2D eigenvalue weighted by Gasteiger charge is -2.38. The van der Waals surface area contributed by atoms with E-state index in [0.717, 1.165) is 38.5 Å². The van der Waals surface area contributed by atoms with Gasteiger partial charge in [0.2, 0.25) is 0 Å². The van der Waals surface area contributed by atoms with Crippen LogP contribution >= 0.6 is 0 Å². The molecular formula is C26H38O4. The Morgan fingerprint density at radius 3 is 1.33 bits per heavy atom. The zero-order chi connectivity index (χ0) is 22.1. The molecule has 3 rings (SSSR count). The standard InChI is InChI=1S/C26H38O4/c1-17-11-21(15-25(3,4)13-17)29-23(27)19-7-9-20(10-8-19)24(28)30-22-12-18(2)14-26(5,6)16-22/h7-10,17-18,21-22H,11-16H2,1-6H3/t17-,18-,21+,22+/m0/s1. The molecule has 1 aromatic carbocycles. The van der Waals surface area contributed by atoms with E-state index in [1.807, 2.05) is 0 Å². The molecule has 0 aromatic heterocycles. The third-order valence-corrected chi connectivity index (χ3v) is 6.60. The van der Waals surface area contributed by atoms with Crippen molar-refractivity contribution in [3.05, 3.63) is 35.4 Å². The van der Waals surface area contributed by atoms with Gasteiger partial charge in [-0.05, 0) is 85.5 Å². The Labute approximate surface area is 181 Å². The van der Waals surface area contributed by atoms with Crippen molar-refractivity contribution in [2.45, 2.75) is 92.3 Å². The van der Waals surface area contributed by atoms with E-state index >= 15 is 0 Å². The van der Waals surface area contributed by atoms with Crippen molar-refractivity contribution in [2.24, 2.45) is 22.7 Å². The fourth-order valence-electron chi connectivity index (χ4n) is 5.88. The number of esters is 2. The van der Waals surface area contributed by atoms with Gasteiger partial charge in [-0.3, -0.25) is 0 Å². The number of hydrogen-bond donors (Lipinski definition) is 0. The van der Waals surface area contributed by atoms with E-state index in [4.69, 9.17) is 9.47 Å². The van der Waals surface area contributed by atoms with Gasteiger partial charge in [0.1, 0.15) is 12.2 Å². The van der Waals surface area contributed by atoms with Crippen LogP contribution in [0.15, 0.2) is 24.3 Å². The minimum absolute atomic E-state index is 0.0439. The molecule has 0 radical (unpaired) electrons. The van der Waals surface area contributed by atoms with Gasteiger partial charge in [0.05, 0.1) is 11.1 Å². The third-order valence-electron chi connectivity index (χ3n) is 6.60. The van der Waals surface area contributed by atoms with Crippen LogP contribution in [0.3, 0.4) is 0 Å². The molecule has 4 atom stereocenters. The summed E-state index contributed by atoms with van der Waals surface area (Å²) in [6, 6.07) is 6.68. The van der Waals surface area contributed by atoms with E-state index in [-0.39, 0.29) is 35.0 Å². The van der Waals surface area contributed by atoms with Crippen molar-refractivity contribution in [2.75, 3.05) is 0 Å². The van der Waals surface area contributed by atoms with Crippen LogP contribution in [0.25, 0.3) is 0 Å². The lowest BCUT2D eigenvalue weighted by molar-refractivity contribution is -0.00862. The first-order valence-corrected chi connectivity index (χ1v) is 11.4. The van der Waals surface area contributed by atoms with Crippen molar-refractivity contribution in [3.63, 3.8) is 0 Å². The number of benzene rings is 1. The highest BCUT2D eigenvalue weighted by atomic mass is 16.5. The summed E-state index contributed by atoms with van der Waals surface area (Å²) in [5, 5.41) is 0. The van der Waals surface area contributed by atoms with Crippen molar-refractivity contribution in [3.8, 4) is 0 Å². The van der Waals surface area contributed by atoms with E-state index in [1.165, 1.54) is 0 Å². The van der Waals surface area contributed by atoms with Gasteiger partial charge >= 0.3 is 11.9 Å². The van der Waals surface area contributed by atoms with E-state index in [0.29, 0.717) is 23.0 Å². The van der Waals surface area contributed by atoms with Crippen LogP contribution in [0.1, 0.15) is 101 Å². The summed E-state index contributed by atoms with van der Waals surface area (Å²) >= 11 is 0. The van der Waals surface area contributed by atoms with Gasteiger partial charge in [-0.2, -0.15) is 0 Å². The van der Waals surface area contributed by atoms with Crippen LogP contribution in [0, 0.1) is 22.7 Å². The second-order valence-corrected chi connectivity index (χ2v) is 11.5. The van der Waals surface area contributed by atoms with Crippen molar-refractivity contribution in [1.82, 2.24) is 0 Å². The summed E-state index contributed by atoms with van der Waals surface area (Å²) in [5.74, 6) is 0.479. The summed E-state index contributed by atoms with van der Waals surface area (Å²) in [6.07, 6.45) is 5.85. The average Bonchev–Trinajstić information content (AvgIpc) is 2.58. The maximum atomic E-state index is 12.6. The highest BCUT2D eigenvalue weighted by Gasteiger charge is 2.35. The molecule has 2 aliphatic rings. The number of ether oxygens (including phenoxy) is 2. The zero-order valence-corrected chi connectivity index (χ0v) is 19.5. The molecule has 4 heteroatoms. The first kappa shape index (κ1) is 22.8. The van der Waals surface area contributed by atoms with E-state index in [2.05, 4.69) is 41.5 Å². The van der Waals surface area contributed by atoms with Gasteiger partial charge in [0.25, 0.3) is 0 Å². The Bertz CT molecular complexity index is 697. The Balaban J connectivity index is 1.57. The summed E-state index contributed by atoms with van der Waals surface area (Å²) in [4.78, 5) is 25.2. The normalized spacial score (nSPS) is 30.3. The minimum Gasteiger partial charge on any atom is -0.459 e.